The number of aryl methyl sites for hydroxylation is 1. The summed E-state index contributed by atoms with van der Waals surface area (Å²) < 4.78 is 31.0. The average molecular weight is 434 g/mol. The minimum Gasteiger partial charge on any atom is -0.454 e. The number of hydrogen-bond acceptors (Lipinski definition) is 6. The van der Waals surface area contributed by atoms with Crippen molar-refractivity contribution in [2.75, 3.05) is 6.61 Å². The van der Waals surface area contributed by atoms with Gasteiger partial charge >= 0.3 is 5.97 Å². The second kappa shape index (κ2) is 7.92. The first-order valence-corrected chi connectivity index (χ1v) is 11.1. The monoisotopic (exact) mass is 434 g/mol. The molecular weight excluding hydrogens is 416 g/mol. The van der Waals surface area contributed by atoms with Crippen LogP contribution in [-0.4, -0.2) is 32.6 Å². The molecule has 31 heavy (non-hydrogen) atoms. The Bertz CT molecular complexity index is 1320. The maximum atomic E-state index is 13.0. The molecule has 3 aromatic rings. The molecule has 3 aromatic carbocycles. The Morgan fingerprint density at radius 1 is 0.839 bits per heavy atom. The molecule has 156 valence electrons. The van der Waals surface area contributed by atoms with Crippen molar-refractivity contribution in [2.45, 2.75) is 23.1 Å². The number of ether oxygens (including phenoxy) is 1. The fourth-order valence-corrected chi connectivity index (χ4v) is 5.11. The predicted octanol–water partition coefficient (Wildman–Crippen LogP) is 3.67. The molecule has 0 spiro atoms. The van der Waals surface area contributed by atoms with Crippen LogP contribution < -0.4 is 0 Å². The molecule has 7 heteroatoms. The highest BCUT2D eigenvalue weighted by Gasteiger charge is 2.35. The Kier molecular flexibility index (Phi) is 5.29. The van der Waals surface area contributed by atoms with Crippen molar-refractivity contribution in [3.05, 3.63) is 94.5 Å². The van der Waals surface area contributed by atoms with Gasteiger partial charge in [-0.2, -0.15) is 0 Å². The Morgan fingerprint density at radius 3 is 2.19 bits per heavy atom. The molecule has 0 fully saturated rings. The van der Waals surface area contributed by atoms with Crippen LogP contribution in [0.25, 0.3) is 0 Å². The van der Waals surface area contributed by atoms with Crippen molar-refractivity contribution in [1.82, 2.24) is 0 Å². The van der Waals surface area contributed by atoms with Gasteiger partial charge in [0.1, 0.15) is 0 Å². The molecular formula is C24H18O6S. The largest absolute Gasteiger partial charge is 0.454 e. The van der Waals surface area contributed by atoms with Crippen molar-refractivity contribution in [2.24, 2.45) is 0 Å². The van der Waals surface area contributed by atoms with Gasteiger partial charge in [0.15, 0.2) is 18.2 Å². The van der Waals surface area contributed by atoms with Gasteiger partial charge in [0.25, 0.3) is 0 Å². The SMILES string of the molecule is CCc1ccc(C(=O)COC(=O)c2ccc3c(c2)S(=O)(=O)c2ccccc2C3=O)cc1. The topological polar surface area (TPSA) is 94.6 Å². The van der Waals surface area contributed by atoms with E-state index >= 15 is 0 Å². The number of fused-ring (bicyclic) bond motifs is 2. The molecule has 4 rings (SSSR count). The summed E-state index contributed by atoms with van der Waals surface area (Å²) in [5, 5.41) is 0. The highest BCUT2D eigenvalue weighted by atomic mass is 32.2. The number of carbonyl (C=O) groups excluding carboxylic acids is 3. The van der Waals surface area contributed by atoms with Crippen molar-refractivity contribution in [3.63, 3.8) is 0 Å². The second-order valence-electron chi connectivity index (χ2n) is 7.09. The smallest absolute Gasteiger partial charge is 0.338 e. The summed E-state index contributed by atoms with van der Waals surface area (Å²) in [6.07, 6.45) is 0.845. The highest BCUT2D eigenvalue weighted by Crippen LogP contribution is 2.34. The van der Waals surface area contributed by atoms with Gasteiger partial charge in [-0.15, -0.1) is 0 Å². The summed E-state index contributed by atoms with van der Waals surface area (Å²) in [4.78, 5) is 37.1. The van der Waals surface area contributed by atoms with E-state index in [0.29, 0.717) is 5.56 Å². The van der Waals surface area contributed by atoms with Crippen molar-refractivity contribution < 1.29 is 27.5 Å². The molecule has 0 saturated carbocycles. The summed E-state index contributed by atoms with van der Waals surface area (Å²) >= 11 is 0. The van der Waals surface area contributed by atoms with Crippen LogP contribution in [0.2, 0.25) is 0 Å². The number of sulfone groups is 1. The first-order chi connectivity index (χ1) is 14.8. The number of carbonyl (C=O) groups is 3. The van der Waals surface area contributed by atoms with Crippen molar-refractivity contribution >= 4 is 27.4 Å². The molecule has 0 radical (unpaired) electrons. The van der Waals surface area contributed by atoms with Gasteiger partial charge < -0.3 is 4.74 Å². The van der Waals surface area contributed by atoms with Gasteiger partial charge in [0.2, 0.25) is 9.84 Å². The van der Waals surface area contributed by atoms with Gasteiger partial charge in [-0.05, 0) is 42.3 Å². The molecule has 1 heterocycles. The molecule has 0 aromatic heterocycles. The third kappa shape index (κ3) is 3.68. The van der Waals surface area contributed by atoms with Gasteiger partial charge in [0, 0.05) is 16.7 Å². The van der Waals surface area contributed by atoms with Crippen LogP contribution in [0.4, 0.5) is 0 Å². The van der Waals surface area contributed by atoms with Gasteiger partial charge in [0.05, 0.1) is 15.4 Å². The molecule has 6 nitrogen and oxygen atoms in total. The van der Waals surface area contributed by atoms with E-state index in [1.54, 1.807) is 18.2 Å². The zero-order valence-electron chi connectivity index (χ0n) is 16.6. The molecule has 0 aliphatic carbocycles. The second-order valence-corrected chi connectivity index (χ2v) is 8.98. The average Bonchev–Trinajstić information content (AvgIpc) is 2.80. The van der Waals surface area contributed by atoms with Crippen LogP contribution in [-0.2, 0) is 21.0 Å². The van der Waals surface area contributed by atoms with E-state index in [2.05, 4.69) is 0 Å². The standard InChI is InChI=1S/C24H18O6S/c1-2-15-7-9-16(10-8-15)20(25)14-30-24(27)17-11-12-19-22(13-17)31(28,29)21-6-4-3-5-18(21)23(19)26/h3-13H,2,14H2,1H3. The van der Waals surface area contributed by atoms with Crippen LogP contribution in [0.5, 0.6) is 0 Å². The maximum absolute atomic E-state index is 13.0. The molecule has 0 amide bonds. The molecule has 0 N–H and O–H groups in total. The maximum Gasteiger partial charge on any atom is 0.338 e. The number of ketones is 2. The lowest BCUT2D eigenvalue weighted by molar-refractivity contribution is 0.0474. The lowest BCUT2D eigenvalue weighted by Crippen LogP contribution is -2.21. The van der Waals surface area contributed by atoms with Crippen LogP contribution in [0, 0.1) is 0 Å². The Labute approximate surface area is 179 Å². The number of Topliss-reactive ketones (excluding diaryl/α,β-unsaturated/α-hetero) is 1. The van der Waals surface area contributed by atoms with Crippen LogP contribution in [0.3, 0.4) is 0 Å². The molecule has 0 bridgehead atoms. The Hall–Kier alpha value is -3.58. The summed E-state index contributed by atoms with van der Waals surface area (Å²) in [6.45, 7) is 1.53. The van der Waals surface area contributed by atoms with Crippen molar-refractivity contribution in [3.8, 4) is 0 Å². The van der Waals surface area contributed by atoms with E-state index in [-0.39, 0.29) is 32.3 Å². The Balaban J connectivity index is 1.56. The first-order valence-electron chi connectivity index (χ1n) is 9.65. The fourth-order valence-electron chi connectivity index (χ4n) is 3.44. The molecule has 0 unspecified atom stereocenters. The quantitative estimate of drug-likeness (QED) is 0.351. The first kappa shape index (κ1) is 20.7. The van der Waals surface area contributed by atoms with Gasteiger partial charge in [-0.1, -0.05) is 43.3 Å². The molecule has 0 saturated heterocycles. The highest BCUT2D eigenvalue weighted by molar-refractivity contribution is 7.91. The zero-order valence-corrected chi connectivity index (χ0v) is 17.4. The van der Waals surface area contributed by atoms with Gasteiger partial charge in [-0.3, -0.25) is 9.59 Å². The van der Waals surface area contributed by atoms with E-state index in [9.17, 15) is 22.8 Å². The fraction of sp³-hybridized carbons (Fsp3) is 0.125. The summed E-state index contributed by atoms with van der Waals surface area (Å²) in [5.74, 6) is -1.64. The van der Waals surface area contributed by atoms with Crippen LogP contribution in [0.15, 0.2) is 76.5 Å². The lowest BCUT2D eigenvalue weighted by atomic mass is 10.0. The van der Waals surface area contributed by atoms with Gasteiger partial charge in [-0.25, -0.2) is 13.2 Å². The normalized spacial score (nSPS) is 13.8. The summed E-state index contributed by atoms with van der Waals surface area (Å²) in [5.41, 5.74) is 1.55. The minimum absolute atomic E-state index is 0.00217. The third-order valence-corrected chi connectivity index (χ3v) is 7.04. The van der Waals surface area contributed by atoms with Crippen LogP contribution in [0.1, 0.15) is 49.1 Å². The molecule has 0 atom stereocenters. The van der Waals surface area contributed by atoms with E-state index in [0.717, 1.165) is 18.1 Å². The number of hydrogen-bond donors (Lipinski definition) is 0. The number of esters is 1. The van der Waals surface area contributed by atoms with E-state index in [1.807, 2.05) is 19.1 Å². The number of benzene rings is 3. The van der Waals surface area contributed by atoms with E-state index < -0.39 is 28.2 Å². The third-order valence-electron chi connectivity index (χ3n) is 5.19. The Morgan fingerprint density at radius 2 is 1.48 bits per heavy atom. The van der Waals surface area contributed by atoms with Crippen LogP contribution >= 0.6 is 0 Å². The summed E-state index contributed by atoms with van der Waals surface area (Å²) in [7, 11) is -3.97. The minimum atomic E-state index is -3.97. The van der Waals surface area contributed by atoms with E-state index in [1.165, 1.54) is 30.3 Å². The van der Waals surface area contributed by atoms with E-state index in [4.69, 9.17) is 4.74 Å². The lowest BCUT2D eigenvalue weighted by Gasteiger charge is -2.19. The molecule has 1 aliphatic rings. The zero-order chi connectivity index (χ0) is 22.2. The van der Waals surface area contributed by atoms with Crippen molar-refractivity contribution in [1.29, 1.82) is 0 Å². The predicted molar refractivity (Wildman–Crippen MR) is 112 cm³/mol. The number of rotatable bonds is 5. The molecule has 1 aliphatic heterocycles. The summed E-state index contributed by atoms with van der Waals surface area (Å²) in [6, 6.07) is 16.7.